The molecule has 0 aromatic carbocycles. The Morgan fingerprint density at radius 3 is 2.77 bits per heavy atom. The fourth-order valence-corrected chi connectivity index (χ4v) is 0.592. The Labute approximate surface area is 79.4 Å². The molecule has 0 aromatic heterocycles. The summed E-state index contributed by atoms with van der Waals surface area (Å²) in [6, 6.07) is 0. The topological polar surface area (TPSA) is 46.5 Å². The minimum atomic E-state index is -0.349. The van der Waals surface area contributed by atoms with Crippen LogP contribution in [0.1, 0.15) is 6.92 Å². The number of allylic oxidation sites excluding steroid dienone is 1. The molecule has 4 radical (unpaired) electrons. The number of aliphatic hydroxyl groups excluding tert-OH is 1. The number of hydrogen-bond donors (Lipinski definition) is 1. The van der Waals surface area contributed by atoms with Crippen molar-refractivity contribution in [3.63, 3.8) is 0 Å². The quantitative estimate of drug-likeness (QED) is 0.362. The Bertz CT molecular complexity index is 152. The zero-order valence-electron chi connectivity index (χ0n) is 7.64. The second-order valence-corrected chi connectivity index (χ2v) is 2.11. The van der Waals surface area contributed by atoms with Gasteiger partial charge < -0.3 is 9.84 Å². The van der Waals surface area contributed by atoms with Gasteiger partial charge in [-0.05, 0) is 32.6 Å². The molecule has 0 atom stereocenters. The van der Waals surface area contributed by atoms with Crippen molar-refractivity contribution in [2.24, 2.45) is 0 Å². The summed E-state index contributed by atoms with van der Waals surface area (Å²) in [5.41, 5.74) is 0. The summed E-state index contributed by atoms with van der Waals surface area (Å²) < 4.78 is 4.65. The van der Waals surface area contributed by atoms with Gasteiger partial charge >= 0.3 is 5.97 Å². The van der Waals surface area contributed by atoms with Crippen molar-refractivity contribution in [3.05, 3.63) is 37.8 Å². The van der Waals surface area contributed by atoms with Gasteiger partial charge in [-0.25, -0.2) is 4.79 Å². The van der Waals surface area contributed by atoms with Gasteiger partial charge in [-0.3, -0.25) is 0 Å². The third-order valence-corrected chi connectivity index (χ3v) is 1.09. The summed E-state index contributed by atoms with van der Waals surface area (Å²) in [4.78, 5) is 10.7. The Balaban J connectivity index is 3.25. The molecular weight excluding hydrogens is 168 g/mol. The van der Waals surface area contributed by atoms with E-state index in [-0.39, 0.29) is 12.6 Å². The molecule has 0 unspecified atom stereocenters. The molecule has 3 heteroatoms. The van der Waals surface area contributed by atoms with Gasteiger partial charge in [0.25, 0.3) is 0 Å². The molecule has 0 aliphatic carbocycles. The van der Waals surface area contributed by atoms with Crippen LogP contribution < -0.4 is 0 Å². The van der Waals surface area contributed by atoms with Crippen molar-refractivity contribution in [2.75, 3.05) is 13.2 Å². The van der Waals surface area contributed by atoms with Crippen LogP contribution in [0.15, 0.2) is 12.2 Å². The second kappa shape index (κ2) is 9.26. The van der Waals surface area contributed by atoms with E-state index in [1.54, 1.807) is 38.7 Å². The van der Waals surface area contributed by atoms with Gasteiger partial charge in [0.15, 0.2) is 0 Å². The van der Waals surface area contributed by atoms with E-state index in [0.717, 1.165) is 0 Å². The largest absolute Gasteiger partial charge is 0.463 e. The number of carbonyl (C=O) groups is 1. The third-order valence-electron chi connectivity index (χ3n) is 1.09. The van der Waals surface area contributed by atoms with Crippen LogP contribution in [0.2, 0.25) is 0 Å². The van der Waals surface area contributed by atoms with E-state index in [4.69, 9.17) is 5.11 Å². The maximum Gasteiger partial charge on any atom is 0.330 e. The lowest BCUT2D eigenvalue weighted by atomic mass is 10.2. The summed E-state index contributed by atoms with van der Waals surface area (Å²) in [5.74, 6) is -0.349. The standard InChI is InChI=1S/C10H14O3/c1-2-13-10(12)8-6-4-3-5-7-9-11/h3-8,11H,2,9H2,1H3/b8-6+. The molecule has 72 valence electrons. The second-order valence-electron chi connectivity index (χ2n) is 2.11. The summed E-state index contributed by atoms with van der Waals surface area (Å²) in [5, 5.41) is 8.37. The smallest absolute Gasteiger partial charge is 0.330 e. The third kappa shape index (κ3) is 9.08. The van der Waals surface area contributed by atoms with E-state index in [2.05, 4.69) is 4.74 Å². The molecule has 0 aromatic rings. The average molecular weight is 182 g/mol. The van der Waals surface area contributed by atoms with Crippen LogP contribution >= 0.6 is 0 Å². The van der Waals surface area contributed by atoms with E-state index in [1.807, 2.05) is 0 Å². The van der Waals surface area contributed by atoms with Gasteiger partial charge in [0.2, 0.25) is 0 Å². The first-order valence-corrected chi connectivity index (χ1v) is 4.08. The summed E-state index contributed by atoms with van der Waals surface area (Å²) >= 11 is 0. The monoisotopic (exact) mass is 182 g/mol. The number of esters is 1. The Hall–Kier alpha value is -0.830. The van der Waals surface area contributed by atoms with Gasteiger partial charge in [0, 0.05) is 12.7 Å². The van der Waals surface area contributed by atoms with E-state index >= 15 is 0 Å². The van der Waals surface area contributed by atoms with Gasteiger partial charge in [0.05, 0.1) is 6.61 Å². The number of aliphatic hydroxyl groups is 1. The predicted octanol–water partition coefficient (Wildman–Crippen LogP) is 0.915. The predicted molar refractivity (Wildman–Crippen MR) is 50.1 cm³/mol. The molecule has 0 heterocycles. The summed E-state index contributed by atoms with van der Waals surface area (Å²) in [7, 11) is 0. The van der Waals surface area contributed by atoms with Crippen LogP contribution in [0.3, 0.4) is 0 Å². The number of unbranched alkanes of at least 4 members (excludes halogenated alkanes) is 3. The molecule has 0 aliphatic rings. The lowest BCUT2D eigenvalue weighted by Crippen LogP contribution is -1.98. The Morgan fingerprint density at radius 2 is 2.15 bits per heavy atom. The van der Waals surface area contributed by atoms with E-state index < -0.39 is 0 Å². The van der Waals surface area contributed by atoms with Crippen LogP contribution in [0.5, 0.6) is 0 Å². The minimum Gasteiger partial charge on any atom is -0.463 e. The molecule has 0 bridgehead atoms. The van der Waals surface area contributed by atoms with Gasteiger partial charge in [-0.1, -0.05) is 6.08 Å². The van der Waals surface area contributed by atoms with Crippen LogP contribution in [0, 0.1) is 25.7 Å². The van der Waals surface area contributed by atoms with Crippen LogP contribution in [0.4, 0.5) is 0 Å². The van der Waals surface area contributed by atoms with E-state index in [0.29, 0.717) is 6.61 Å². The first-order chi connectivity index (χ1) is 6.31. The maximum absolute atomic E-state index is 10.7. The highest BCUT2D eigenvalue weighted by molar-refractivity contribution is 5.82. The molecule has 0 fully saturated rings. The lowest BCUT2D eigenvalue weighted by Gasteiger charge is -1.94. The molecule has 3 nitrogen and oxygen atoms in total. The molecule has 0 aliphatic heterocycles. The summed E-state index contributed by atoms with van der Waals surface area (Å²) in [6.07, 6.45) is 9.60. The van der Waals surface area contributed by atoms with Crippen LogP contribution in [-0.2, 0) is 9.53 Å². The molecule has 0 spiro atoms. The average Bonchev–Trinajstić information content (AvgIpc) is 2.11. The Morgan fingerprint density at radius 1 is 1.38 bits per heavy atom. The van der Waals surface area contributed by atoms with Crippen molar-refractivity contribution in [3.8, 4) is 0 Å². The highest BCUT2D eigenvalue weighted by Crippen LogP contribution is 1.95. The first kappa shape index (κ1) is 12.2. The fraction of sp³-hybridized carbons (Fsp3) is 0.300. The van der Waals surface area contributed by atoms with Gasteiger partial charge in [-0.2, -0.15) is 0 Å². The maximum atomic E-state index is 10.7. The molecular formula is C10H14O3. The Kier molecular flexibility index (Phi) is 8.67. The zero-order chi connectivity index (χ0) is 9.94. The van der Waals surface area contributed by atoms with Crippen LogP contribution in [0.25, 0.3) is 0 Å². The SMILES string of the molecule is CCOC(=O)/C=C/[CH][CH][CH][CH]CO. The highest BCUT2D eigenvalue weighted by atomic mass is 16.5. The van der Waals surface area contributed by atoms with Crippen molar-refractivity contribution < 1.29 is 14.6 Å². The zero-order valence-corrected chi connectivity index (χ0v) is 7.64. The van der Waals surface area contributed by atoms with Crippen LogP contribution in [-0.4, -0.2) is 24.3 Å². The molecule has 1 N–H and O–H groups in total. The molecule has 0 saturated heterocycles. The van der Waals surface area contributed by atoms with Gasteiger partial charge in [-0.15, -0.1) is 0 Å². The van der Waals surface area contributed by atoms with Gasteiger partial charge in [0.1, 0.15) is 0 Å². The van der Waals surface area contributed by atoms with E-state index in [9.17, 15) is 4.79 Å². The molecule has 0 rings (SSSR count). The van der Waals surface area contributed by atoms with Crippen molar-refractivity contribution in [1.82, 2.24) is 0 Å². The highest BCUT2D eigenvalue weighted by Gasteiger charge is 1.92. The fourth-order valence-electron chi connectivity index (χ4n) is 0.592. The van der Waals surface area contributed by atoms with Crippen molar-refractivity contribution in [2.45, 2.75) is 6.92 Å². The number of hydrogen-bond acceptors (Lipinski definition) is 3. The number of rotatable bonds is 7. The number of carbonyl (C=O) groups excluding carboxylic acids is 1. The first-order valence-electron chi connectivity index (χ1n) is 4.08. The number of ether oxygens (including phenoxy) is 1. The van der Waals surface area contributed by atoms with E-state index in [1.165, 1.54) is 6.08 Å². The lowest BCUT2D eigenvalue weighted by molar-refractivity contribution is -0.137. The summed E-state index contributed by atoms with van der Waals surface area (Å²) in [6.45, 7) is 2.16. The van der Waals surface area contributed by atoms with Crippen molar-refractivity contribution >= 4 is 5.97 Å². The molecule has 0 saturated carbocycles. The normalized spacial score (nSPS) is 10.6. The molecule has 13 heavy (non-hydrogen) atoms. The minimum absolute atomic E-state index is 0.0198. The molecule has 0 amide bonds. The van der Waals surface area contributed by atoms with Crippen molar-refractivity contribution in [1.29, 1.82) is 0 Å².